The van der Waals surface area contributed by atoms with E-state index in [0.717, 1.165) is 6.42 Å². The van der Waals surface area contributed by atoms with E-state index in [1.165, 1.54) is 30.4 Å². The van der Waals surface area contributed by atoms with Crippen LogP contribution in [-0.2, 0) is 15.9 Å². The average molecular weight is 262 g/mol. The molecule has 1 aromatic rings. The van der Waals surface area contributed by atoms with Crippen LogP contribution in [0.1, 0.15) is 42.7 Å². The molecule has 1 heterocycles. The van der Waals surface area contributed by atoms with Crippen LogP contribution in [0.2, 0.25) is 0 Å². The fourth-order valence-electron chi connectivity index (χ4n) is 3.29. The maximum absolute atomic E-state index is 10.2. The van der Waals surface area contributed by atoms with Gasteiger partial charge in [-0.15, -0.1) is 0 Å². The number of aliphatic hydroxyl groups is 1. The number of ether oxygens (including phenoxy) is 2. The molecule has 3 heteroatoms. The third-order valence-corrected chi connectivity index (χ3v) is 4.21. The van der Waals surface area contributed by atoms with E-state index in [4.69, 9.17) is 9.47 Å². The molecule has 1 aliphatic heterocycles. The minimum Gasteiger partial charge on any atom is -0.393 e. The number of aryl methyl sites for hydroxylation is 1. The molecule has 1 aromatic carbocycles. The Balaban J connectivity index is 1.60. The van der Waals surface area contributed by atoms with Gasteiger partial charge in [-0.05, 0) is 42.7 Å². The van der Waals surface area contributed by atoms with E-state index >= 15 is 0 Å². The van der Waals surface area contributed by atoms with Crippen molar-refractivity contribution in [1.29, 1.82) is 0 Å². The molecule has 0 saturated carbocycles. The van der Waals surface area contributed by atoms with Crippen LogP contribution in [-0.4, -0.2) is 30.7 Å². The van der Waals surface area contributed by atoms with Crippen molar-refractivity contribution in [1.82, 2.24) is 0 Å². The Kier molecular flexibility index (Phi) is 4.16. The van der Waals surface area contributed by atoms with Crippen LogP contribution in [0.3, 0.4) is 0 Å². The zero-order valence-electron chi connectivity index (χ0n) is 11.3. The molecule has 2 unspecified atom stereocenters. The van der Waals surface area contributed by atoms with Crippen LogP contribution in [0, 0.1) is 0 Å². The molecule has 3 nitrogen and oxygen atoms in total. The van der Waals surface area contributed by atoms with Crippen molar-refractivity contribution in [3.05, 3.63) is 35.4 Å². The summed E-state index contributed by atoms with van der Waals surface area (Å²) in [5.41, 5.74) is 2.89. The average Bonchev–Trinajstić information content (AvgIpc) is 2.92. The molecule has 0 aromatic heterocycles. The number of hydrogen-bond donors (Lipinski definition) is 1. The molecule has 1 N–H and O–H groups in total. The summed E-state index contributed by atoms with van der Waals surface area (Å²) in [5.74, 6) is 0.487. The first kappa shape index (κ1) is 13.1. The Hall–Kier alpha value is -0.900. The topological polar surface area (TPSA) is 38.7 Å². The fourth-order valence-corrected chi connectivity index (χ4v) is 3.29. The van der Waals surface area contributed by atoms with Crippen molar-refractivity contribution in [3.63, 3.8) is 0 Å². The van der Waals surface area contributed by atoms with Gasteiger partial charge in [-0.1, -0.05) is 24.3 Å². The van der Waals surface area contributed by atoms with Crippen molar-refractivity contribution in [2.24, 2.45) is 0 Å². The molecule has 0 bridgehead atoms. The van der Waals surface area contributed by atoms with Gasteiger partial charge in [0.2, 0.25) is 0 Å². The number of fused-ring (bicyclic) bond motifs is 1. The monoisotopic (exact) mass is 262 g/mol. The lowest BCUT2D eigenvalue weighted by Gasteiger charge is -2.27. The van der Waals surface area contributed by atoms with Gasteiger partial charge in [-0.25, -0.2) is 0 Å². The molecule has 2 aliphatic rings. The zero-order valence-corrected chi connectivity index (χ0v) is 11.3. The minimum absolute atomic E-state index is 0.200. The predicted molar refractivity (Wildman–Crippen MR) is 73.1 cm³/mol. The Morgan fingerprint density at radius 2 is 1.95 bits per heavy atom. The van der Waals surface area contributed by atoms with Crippen LogP contribution in [0.5, 0.6) is 0 Å². The second-order valence-corrected chi connectivity index (χ2v) is 5.58. The van der Waals surface area contributed by atoms with Gasteiger partial charge in [-0.3, -0.25) is 0 Å². The highest BCUT2D eigenvalue weighted by atomic mass is 16.7. The highest BCUT2D eigenvalue weighted by molar-refractivity contribution is 5.32. The van der Waals surface area contributed by atoms with Crippen molar-refractivity contribution < 1.29 is 14.6 Å². The molecule has 0 spiro atoms. The highest BCUT2D eigenvalue weighted by Gasteiger charge is 2.25. The van der Waals surface area contributed by atoms with Crippen molar-refractivity contribution in [2.45, 2.75) is 50.4 Å². The standard InChI is InChI=1S/C16H22O3/c17-14(11-16-18-8-9-19-16)10-13-6-3-5-12-4-1-2-7-15(12)13/h1-2,4,7,13-14,16-17H,3,5-6,8-11H2. The first-order valence-electron chi connectivity index (χ1n) is 7.32. The summed E-state index contributed by atoms with van der Waals surface area (Å²) in [7, 11) is 0. The van der Waals surface area contributed by atoms with Crippen molar-refractivity contribution >= 4 is 0 Å². The van der Waals surface area contributed by atoms with Gasteiger partial charge in [0.15, 0.2) is 6.29 Å². The molecule has 0 radical (unpaired) electrons. The molecular formula is C16H22O3. The summed E-state index contributed by atoms with van der Waals surface area (Å²) in [5, 5.41) is 10.2. The molecule has 0 amide bonds. The molecule has 3 rings (SSSR count). The number of hydrogen-bond acceptors (Lipinski definition) is 3. The molecule has 104 valence electrons. The lowest BCUT2D eigenvalue weighted by molar-refractivity contribution is -0.0720. The maximum atomic E-state index is 10.2. The van der Waals surface area contributed by atoms with E-state index in [1.54, 1.807) is 0 Å². The van der Waals surface area contributed by atoms with Gasteiger partial charge in [0.1, 0.15) is 0 Å². The maximum Gasteiger partial charge on any atom is 0.160 e. The Morgan fingerprint density at radius 3 is 2.79 bits per heavy atom. The molecule has 1 fully saturated rings. The van der Waals surface area contributed by atoms with Crippen molar-refractivity contribution in [2.75, 3.05) is 13.2 Å². The summed E-state index contributed by atoms with van der Waals surface area (Å²) in [6, 6.07) is 8.65. The van der Waals surface area contributed by atoms with Crippen LogP contribution >= 0.6 is 0 Å². The zero-order chi connectivity index (χ0) is 13.1. The van der Waals surface area contributed by atoms with Gasteiger partial charge in [0, 0.05) is 6.42 Å². The largest absolute Gasteiger partial charge is 0.393 e. The molecule has 2 atom stereocenters. The van der Waals surface area contributed by atoms with E-state index in [-0.39, 0.29) is 12.4 Å². The van der Waals surface area contributed by atoms with Crippen LogP contribution in [0.4, 0.5) is 0 Å². The fraction of sp³-hybridized carbons (Fsp3) is 0.625. The minimum atomic E-state index is -0.334. The summed E-state index contributed by atoms with van der Waals surface area (Å²) in [6.45, 7) is 1.31. The summed E-state index contributed by atoms with van der Waals surface area (Å²) < 4.78 is 10.8. The first-order valence-corrected chi connectivity index (χ1v) is 7.32. The van der Waals surface area contributed by atoms with Crippen molar-refractivity contribution in [3.8, 4) is 0 Å². The van der Waals surface area contributed by atoms with E-state index in [0.29, 0.717) is 25.6 Å². The Labute approximate surface area is 114 Å². The Bertz CT molecular complexity index is 412. The SMILES string of the molecule is OC(CC1OCCO1)CC1CCCc2ccccc21. The molecule has 1 saturated heterocycles. The second kappa shape index (κ2) is 6.04. The quantitative estimate of drug-likeness (QED) is 0.906. The number of aliphatic hydroxyl groups excluding tert-OH is 1. The number of rotatable bonds is 4. The number of benzene rings is 1. The van der Waals surface area contributed by atoms with Crippen LogP contribution < -0.4 is 0 Å². The second-order valence-electron chi connectivity index (χ2n) is 5.58. The van der Waals surface area contributed by atoms with E-state index in [2.05, 4.69) is 24.3 Å². The third kappa shape index (κ3) is 3.16. The summed E-state index contributed by atoms with van der Waals surface area (Å²) in [4.78, 5) is 0. The summed E-state index contributed by atoms with van der Waals surface area (Å²) >= 11 is 0. The molecule has 1 aliphatic carbocycles. The van der Waals surface area contributed by atoms with Gasteiger partial charge in [0.05, 0.1) is 19.3 Å². The van der Waals surface area contributed by atoms with Gasteiger partial charge in [0.25, 0.3) is 0 Å². The van der Waals surface area contributed by atoms with E-state index in [1.807, 2.05) is 0 Å². The lowest BCUT2D eigenvalue weighted by Crippen LogP contribution is -2.22. The first-order chi connectivity index (χ1) is 9.33. The van der Waals surface area contributed by atoms with E-state index in [9.17, 15) is 5.11 Å². The van der Waals surface area contributed by atoms with Gasteiger partial charge < -0.3 is 14.6 Å². The van der Waals surface area contributed by atoms with Gasteiger partial charge >= 0.3 is 0 Å². The van der Waals surface area contributed by atoms with Crippen LogP contribution in [0.25, 0.3) is 0 Å². The lowest BCUT2D eigenvalue weighted by atomic mass is 9.79. The van der Waals surface area contributed by atoms with Crippen LogP contribution in [0.15, 0.2) is 24.3 Å². The van der Waals surface area contributed by atoms with E-state index < -0.39 is 0 Å². The highest BCUT2D eigenvalue weighted by Crippen LogP contribution is 2.35. The predicted octanol–water partition coefficient (Wildman–Crippen LogP) is 2.62. The third-order valence-electron chi connectivity index (χ3n) is 4.21. The molecular weight excluding hydrogens is 240 g/mol. The molecule has 19 heavy (non-hydrogen) atoms. The smallest absolute Gasteiger partial charge is 0.160 e. The normalized spacial score (nSPS) is 25.2. The van der Waals surface area contributed by atoms with Gasteiger partial charge in [-0.2, -0.15) is 0 Å². The summed E-state index contributed by atoms with van der Waals surface area (Å²) in [6.07, 6.45) is 4.47. The Morgan fingerprint density at radius 1 is 1.16 bits per heavy atom.